The van der Waals surface area contributed by atoms with Crippen LogP contribution in [0.1, 0.15) is 32.5 Å². The minimum absolute atomic E-state index is 0.0616. The highest BCUT2D eigenvalue weighted by molar-refractivity contribution is 7.12. The van der Waals surface area contributed by atoms with Crippen LogP contribution in [0.15, 0.2) is 29.6 Å². The molecule has 0 saturated carbocycles. The van der Waals surface area contributed by atoms with Crippen molar-refractivity contribution in [1.29, 1.82) is 0 Å². The minimum Gasteiger partial charge on any atom is -0.493 e. The van der Waals surface area contributed by atoms with Gasteiger partial charge in [-0.1, -0.05) is 6.92 Å². The third-order valence-electron chi connectivity index (χ3n) is 4.81. The summed E-state index contributed by atoms with van der Waals surface area (Å²) in [6.07, 6.45) is 0.850. The number of benzene rings is 1. The highest BCUT2D eigenvalue weighted by atomic mass is 32.1. The number of carbonyl (C=O) groups is 2. The molecule has 0 radical (unpaired) electrons. The first-order valence-corrected chi connectivity index (χ1v) is 9.84. The van der Waals surface area contributed by atoms with Crippen LogP contribution < -0.4 is 9.47 Å². The number of piperazine rings is 1. The van der Waals surface area contributed by atoms with E-state index in [0.717, 1.165) is 16.9 Å². The van der Waals surface area contributed by atoms with Crippen molar-refractivity contribution >= 4 is 23.2 Å². The number of thiophene rings is 1. The van der Waals surface area contributed by atoms with E-state index in [4.69, 9.17) is 9.47 Å². The Labute approximate surface area is 163 Å². The molecule has 0 unspecified atom stereocenters. The molecule has 2 aromatic rings. The number of rotatable bonds is 5. The highest BCUT2D eigenvalue weighted by Crippen LogP contribution is 2.28. The zero-order chi connectivity index (χ0) is 19.4. The molecule has 2 amide bonds. The van der Waals surface area contributed by atoms with Gasteiger partial charge in [-0.25, -0.2) is 0 Å². The molecule has 7 heteroatoms. The predicted octanol–water partition coefficient (Wildman–Crippen LogP) is 2.93. The fraction of sp³-hybridized carbons (Fsp3) is 0.400. The van der Waals surface area contributed by atoms with Crippen LogP contribution in [0.4, 0.5) is 0 Å². The largest absolute Gasteiger partial charge is 0.493 e. The van der Waals surface area contributed by atoms with Gasteiger partial charge in [0.15, 0.2) is 11.5 Å². The van der Waals surface area contributed by atoms with Crippen molar-refractivity contribution in [2.75, 3.05) is 40.4 Å². The average Bonchev–Trinajstić information content (AvgIpc) is 3.21. The van der Waals surface area contributed by atoms with Gasteiger partial charge in [-0.15, -0.1) is 11.3 Å². The lowest BCUT2D eigenvalue weighted by Gasteiger charge is -2.34. The molecule has 144 valence electrons. The Morgan fingerprint density at radius 2 is 1.59 bits per heavy atom. The Morgan fingerprint density at radius 1 is 0.963 bits per heavy atom. The van der Waals surface area contributed by atoms with Gasteiger partial charge >= 0.3 is 0 Å². The number of carbonyl (C=O) groups excluding carboxylic acids is 2. The maximum absolute atomic E-state index is 12.8. The van der Waals surface area contributed by atoms with Crippen LogP contribution in [0.25, 0.3) is 0 Å². The van der Waals surface area contributed by atoms with Crippen molar-refractivity contribution in [3.05, 3.63) is 45.6 Å². The molecule has 27 heavy (non-hydrogen) atoms. The van der Waals surface area contributed by atoms with Crippen LogP contribution in [0.5, 0.6) is 11.5 Å². The molecule has 0 aliphatic carbocycles. The Kier molecular flexibility index (Phi) is 6.01. The molecule has 2 heterocycles. The van der Waals surface area contributed by atoms with Crippen LogP contribution in [0.2, 0.25) is 0 Å². The van der Waals surface area contributed by atoms with Crippen molar-refractivity contribution in [1.82, 2.24) is 9.80 Å². The molecule has 6 nitrogen and oxygen atoms in total. The van der Waals surface area contributed by atoms with Crippen LogP contribution in [0, 0.1) is 0 Å². The minimum atomic E-state index is -0.0616. The smallest absolute Gasteiger partial charge is 0.264 e. The molecule has 3 rings (SSSR count). The molecule has 1 aliphatic heterocycles. The summed E-state index contributed by atoms with van der Waals surface area (Å²) < 4.78 is 10.5. The van der Waals surface area contributed by atoms with E-state index in [0.29, 0.717) is 43.2 Å². The summed E-state index contributed by atoms with van der Waals surface area (Å²) in [5.41, 5.74) is 1.65. The molecule has 1 aliphatic rings. The fourth-order valence-electron chi connectivity index (χ4n) is 3.21. The molecule has 0 N–H and O–H groups in total. The van der Waals surface area contributed by atoms with Crippen molar-refractivity contribution in [2.24, 2.45) is 0 Å². The normalized spacial score (nSPS) is 14.2. The van der Waals surface area contributed by atoms with Gasteiger partial charge in [0.25, 0.3) is 11.8 Å². The van der Waals surface area contributed by atoms with Gasteiger partial charge < -0.3 is 19.3 Å². The first-order valence-electron chi connectivity index (χ1n) is 8.96. The number of hydrogen-bond acceptors (Lipinski definition) is 5. The molecule has 1 aromatic heterocycles. The van der Waals surface area contributed by atoms with E-state index in [9.17, 15) is 9.59 Å². The predicted molar refractivity (Wildman–Crippen MR) is 105 cm³/mol. The Hall–Kier alpha value is -2.54. The fourth-order valence-corrected chi connectivity index (χ4v) is 4.17. The Bertz CT molecular complexity index is 825. The number of nitrogens with zero attached hydrogens (tertiary/aromatic N) is 2. The summed E-state index contributed by atoms with van der Waals surface area (Å²) >= 11 is 1.49. The molecule has 1 saturated heterocycles. The molecule has 1 aromatic carbocycles. The Balaban J connectivity index is 1.65. The van der Waals surface area contributed by atoms with E-state index in [-0.39, 0.29) is 11.8 Å². The second kappa shape index (κ2) is 8.43. The summed E-state index contributed by atoms with van der Waals surface area (Å²) in [4.78, 5) is 30.0. The van der Waals surface area contributed by atoms with Crippen molar-refractivity contribution in [3.63, 3.8) is 0 Å². The SMILES string of the molecule is CCc1ccsc1C(=O)N1CCN(C(=O)c2ccc(OC)c(OC)c2)CC1. The third kappa shape index (κ3) is 3.93. The van der Waals surface area contributed by atoms with Crippen LogP contribution in [-0.4, -0.2) is 62.0 Å². The molecular formula is C20H24N2O4S. The van der Waals surface area contributed by atoms with Crippen molar-refractivity contribution < 1.29 is 19.1 Å². The second-order valence-corrected chi connectivity index (χ2v) is 7.20. The van der Waals surface area contributed by atoms with E-state index >= 15 is 0 Å². The topological polar surface area (TPSA) is 59.1 Å². The molecular weight excluding hydrogens is 364 g/mol. The zero-order valence-electron chi connectivity index (χ0n) is 15.9. The van der Waals surface area contributed by atoms with E-state index in [1.807, 2.05) is 16.3 Å². The quantitative estimate of drug-likeness (QED) is 0.790. The summed E-state index contributed by atoms with van der Waals surface area (Å²) in [6, 6.07) is 7.17. The van der Waals surface area contributed by atoms with E-state index in [1.165, 1.54) is 11.3 Å². The van der Waals surface area contributed by atoms with Gasteiger partial charge in [-0.05, 0) is 41.6 Å². The lowest BCUT2D eigenvalue weighted by Crippen LogP contribution is -2.50. The summed E-state index contributed by atoms with van der Waals surface area (Å²) in [5, 5.41) is 1.96. The van der Waals surface area contributed by atoms with E-state index in [2.05, 4.69) is 6.92 Å². The lowest BCUT2D eigenvalue weighted by atomic mass is 10.1. The third-order valence-corrected chi connectivity index (χ3v) is 5.75. The second-order valence-electron chi connectivity index (χ2n) is 6.28. The molecule has 0 bridgehead atoms. The number of ether oxygens (including phenoxy) is 2. The van der Waals surface area contributed by atoms with Crippen LogP contribution in [0.3, 0.4) is 0 Å². The summed E-state index contributed by atoms with van der Waals surface area (Å²) in [5.74, 6) is 1.13. The lowest BCUT2D eigenvalue weighted by molar-refractivity contribution is 0.0537. The number of aryl methyl sites for hydroxylation is 1. The zero-order valence-corrected chi connectivity index (χ0v) is 16.7. The maximum Gasteiger partial charge on any atom is 0.264 e. The number of methoxy groups -OCH3 is 2. The Morgan fingerprint density at radius 3 is 2.19 bits per heavy atom. The molecule has 0 spiro atoms. The molecule has 0 atom stereocenters. The van der Waals surface area contributed by atoms with Gasteiger partial charge in [0, 0.05) is 31.7 Å². The standard InChI is InChI=1S/C20H24N2O4S/c1-4-14-7-12-27-18(14)20(24)22-10-8-21(9-11-22)19(23)15-5-6-16(25-2)17(13-15)26-3/h5-7,12-13H,4,8-11H2,1-3H3. The van der Waals surface area contributed by atoms with Crippen LogP contribution >= 0.6 is 11.3 Å². The van der Waals surface area contributed by atoms with Crippen LogP contribution in [-0.2, 0) is 6.42 Å². The summed E-state index contributed by atoms with van der Waals surface area (Å²) in [6.45, 7) is 4.17. The van der Waals surface area contributed by atoms with Gasteiger partial charge in [-0.2, -0.15) is 0 Å². The monoisotopic (exact) mass is 388 g/mol. The highest BCUT2D eigenvalue weighted by Gasteiger charge is 2.27. The maximum atomic E-state index is 12.8. The van der Waals surface area contributed by atoms with Gasteiger partial charge in [-0.3, -0.25) is 9.59 Å². The first-order chi connectivity index (χ1) is 13.1. The number of amides is 2. The van der Waals surface area contributed by atoms with Crippen molar-refractivity contribution in [2.45, 2.75) is 13.3 Å². The van der Waals surface area contributed by atoms with Gasteiger partial charge in [0.2, 0.25) is 0 Å². The summed E-state index contributed by atoms with van der Waals surface area (Å²) in [7, 11) is 3.11. The van der Waals surface area contributed by atoms with Crippen molar-refractivity contribution in [3.8, 4) is 11.5 Å². The van der Waals surface area contributed by atoms with Gasteiger partial charge in [0.1, 0.15) is 0 Å². The average molecular weight is 388 g/mol. The van der Waals surface area contributed by atoms with E-state index < -0.39 is 0 Å². The molecule has 1 fully saturated rings. The first kappa shape index (κ1) is 19.2. The van der Waals surface area contributed by atoms with Gasteiger partial charge in [0.05, 0.1) is 19.1 Å². The number of hydrogen-bond donors (Lipinski definition) is 0. The van der Waals surface area contributed by atoms with E-state index in [1.54, 1.807) is 37.3 Å².